The lowest BCUT2D eigenvalue weighted by Crippen LogP contribution is -2.49. The van der Waals surface area contributed by atoms with Gasteiger partial charge in [-0.25, -0.2) is 0 Å². The second kappa shape index (κ2) is 6.81. The van der Waals surface area contributed by atoms with Crippen LogP contribution < -0.4 is 0 Å². The predicted octanol–water partition coefficient (Wildman–Crippen LogP) is 3.49. The topological polar surface area (TPSA) is 53.4 Å². The third kappa shape index (κ3) is 3.31. The van der Waals surface area contributed by atoms with Crippen LogP contribution in [0.4, 0.5) is 0 Å². The van der Waals surface area contributed by atoms with E-state index < -0.39 is 6.10 Å². The summed E-state index contributed by atoms with van der Waals surface area (Å²) >= 11 is 1.63. The molecule has 23 heavy (non-hydrogen) atoms. The van der Waals surface area contributed by atoms with Crippen LogP contribution in [0.3, 0.4) is 0 Å². The van der Waals surface area contributed by atoms with Gasteiger partial charge in [0.2, 0.25) is 0 Å². The molecular formula is C18H22N2O2S. The van der Waals surface area contributed by atoms with E-state index in [9.17, 15) is 9.90 Å². The van der Waals surface area contributed by atoms with Gasteiger partial charge >= 0.3 is 0 Å². The number of aliphatic hydroxyl groups excluding tert-OH is 1. The van der Waals surface area contributed by atoms with Gasteiger partial charge < -0.3 is 10.0 Å². The molecule has 3 heterocycles. The van der Waals surface area contributed by atoms with E-state index in [0.717, 1.165) is 36.2 Å². The fraction of sp³-hybridized carbons (Fsp3) is 0.444. The Morgan fingerprint density at radius 3 is 2.87 bits per heavy atom. The Balaban J connectivity index is 1.87. The highest BCUT2D eigenvalue weighted by Gasteiger charge is 2.31. The number of hydrogen-bond acceptors (Lipinski definition) is 4. The van der Waals surface area contributed by atoms with Crippen LogP contribution in [-0.2, 0) is 0 Å². The van der Waals surface area contributed by atoms with Crippen molar-refractivity contribution in [3.63, 3.8) is 0 Å². The van der Waals surface area contributed by atoms with E-state index in [4.69, 9.17) is 0 Å². The van der Waals surface area contributed by atoms with Crippen LogP contribution in [0.2, 0.25) is 0 Å². The summed E-state index contributed by atoms with van der Waals surface area (Å²) in [6.07, 6.45) is 2.42. The molecule has 0 radical (unpaired) electrons. The average Bonchev–Trinajstić information content (AvgIpc) is 3.08. The van der Waals surface area contributed by atoms with Crippen molar-refractivity contribution in [1.29, 1.82) is 0 Å². The number of rotatable bonds is 3. The standard InChI is InChI=1S/C18H22N2O2S/c1-12-15(6-7-16(19-12)14-8-10-23-11-14)18(22)20-9-4-3-5-17(20)13(2)21/h6-8,10-11,13,17,21H,3-5,9H2,1-2H3. The third-order valence-electron chi connectivity index (χ3n) is 4.50. The van der Waals surface area contributed by atoms with E-state index >= 15 is 0 Å². The maximum atomic E-state index is 12.9. The number of amides is 1. The summed E-state index contributed by atoms with van der Waals surface area (Å²) in [6.45, 7) is 4.35. The van der Waals surface area contributed by atoms with E-state index in [1.54, 1.807) is 18.3 Å². The first kappa shape index (κ1) is 16.1. The fourth-order valence-electron chi connectivity index (χ4n) is 3.22. The van der Waals surface area contributed by atoms with Crippen molar-refractivity contribution >= 4 is 17.2 Å². The van der Waals surface area contributed by atoms with Crippen molar-refractivity contribution in [3.05, 3.63) is 40.2 Å². The van der Waals surface area contributed by atoms with Gasteiger partial charge in [-0.05, 0) is 56.7 Å². The first-order valence-corrected chi connectivity index (χ1v) is 9.01. The molecule has 1 N–H and O–H groups in total. The lowest BCUT2D eigenvalue weighted by atomic mass is 9.96. The second-order valence-electron chi connectivity index (χ2n) is 6.14. The Morgan fingerprint density at radius 1 is 1.39 bits per heavy atom. The Morgan fingerprint density at radius 2 is 2.22 bits per heavy atom. The second-order valence-corrected chi connectivity index (χ2v) is 6.92. The highest BCUT2D eigenvalue weighted by molar-refractivity contribution is 7.08. The van der Waals surface area contributed by atoms with Crippen molar-refractivity contribution in [2.24, 2.45) is 0 Å². The maximum absolute atomic E-state index is 12.9. The summed E-state index contributed by atoms with van der Waals surface area (Å²) in [5.41, 5.74) is 3.35. The molecule has 122 valence electrons. The molecule has 0 spiro atoms. The number of aromatic nitrogens is 1. The Labute approximate surface area is 140 Å². The van der Waals surface area contributed by atoms with E-state index in [0.29, 0.717) is 12.1 Å². The summed E-state index contributed by atoms with van der Waals surface area (Å²) in [5.74, 6) is -0.0162. The van der Waals surface area contributed by atoms with E-state index in [-0.39, 0.29) is 11.9 Å². The van der Waals surface area contributed by atoms with Crippen molar-refractivity contribution in [1.82, 2.24) is 9.88 Å². The molecule has 1 amide bonds. The molecule has 0 bridgehead atoms. The zero-order chi connectivity index (χ0) is 16.4. The van der Waals surface area contributed by atoms with Crippen LogP contribution in [0.5, 0.6) is 0 Å². The molecule has 4 nitrogen and oxygen atoms in total. The number of pyridine rings is 1. The number of nitrogens with zero attached hydrogens (tertiary/aromatic N) is 2. The molecular weight excluding hydrogens is 308 g/mol. The third-order valence-corrected chi connectivity index (χ3v) is 5.18. The molecule has 1 saturated heterocycles. The highest BCUT2D eigenvalue weighted by atomic mass is 32.1. The van der Waals surface area contributed by atoms with Gasteiger partial charge in [0.1, 0.15) is 0 Å². The molecule has 1 fully saturated rings. The zero-order valence-electron chi connectivity index (χ0n) is 13.5. The van der Waals surface area contributed by atoms with Crippen LogP contribution >= 0.6 is 11.3 Å². The number of carbonyl (C=O) groups excluding carboxylic acids is 1. The first-order chi connectivity index (χ1) is 11.1. The summed E-state index contributed by atoms with van der Waals surface area (Å²) in [7, 11) is 0. The van der Waals surface area contributed by atoms with Crippen LogP contribution in [0.15, 0.2) is 29.0 Å². The Kier molecular flexibility index (Phi) is 4.78. The Bertz CT molecular complexity index is 682. The SMILES string of the molecule is Cc1nc(-c2ccsc2)ccc1C(=O)N1CCCCC1C(C)O. The molecule has 1 aliphatic heterocycles. The zero-order valence-corrected chi connectivity index (χ0v) is 14.3. The average molecular weight is 330 g/mol. The molecule has 2 unspecified atom stereocenters. The van der Waals surface area contributed by atoms with Crippen LogP contribution in [0.1, 0.15) is 42.2 Å². The molecule has 2 atom stereocenters. The number of piperidine rings is 1. The number of aliphatic hydroxyl groups is 1. The highest BCUT2D eigenvalue weighted by Crippen LogP contribution is 2.25. The quantitative estimate of drug-likeness (QED) is 0.937. The lowest BCUT2D eigenvalue weighted by molar-refractivity contribution is 0.0280. The monoisotopic (exact) mass is 330 g/mol. The van der Waals surface area contributed by atoms with Gasteiger partial charge in [0, 0.05) is 17.5 Å². The van der Waals surface area contributed by atoms with Gasteiger partial charge in [0.15, 0.2) is 0 Å². The van der Waals surface area contributed by atoms with E-state index in [2.05, 4.69) is 10.4 Å². The van der Waals surface area contributed by atoms with Gasteiger partial charge in [-0.1, -0.05) is 0 Å². The minimum Gasteiger partial charge on any atom is -0.391 e. The van der Waals surface area contributed by atoms with Crippen LogP contribution in [-0.4, -0.2) is 39.6 Å². The summed E-state index contributed by atoms with van der Waals surface area (Å²) in [4.78, 5) is 19.3. The predicted molar refractivity (Wildman–Crippen MR) is 92.6 cm³/mol. The maximum Gasteiger partial charge on any atom is 0.256 e. The molecule has 2 aromatic heterocycles. The summed E-state index contributed by atoms with van der Waals surface area (Å²) in [5, 5.41) is 14.0. The van der Waals surface area contributed by atoms with Gasteiger partial charge in [-0.3, -0.25) is 9.78 Å². The first-order valence-electron chi connectivity index (χ1n) is 8.07. The number of hydrogen-bond donors (Lipinski definition) is 1. The number of likely N-dealkylation sites (tertiary alicyclic amines) is 1. The summed E-state index contributed by atoms with van der Waals surface area (Å²) < 4.78 is 0. The molecule has 0 saturated carbocycles. The Hall–Kier alpha value is -1.72. The number of thiophene rings is 1. The van der Waals surface area contributed by atoms with Crippen molar-refractivity contribution in [3.8, 4) is 11.3 Å². The smallest absolute Gasteiger partial charge is 0.256 e. The van der Waals surface area contributed by atoms with Crippen molar-refractivity contribution in [2.45, 2.75) is 45.3 Å². The summed E-state index contributed by atoms with van der Waals surface area (Å²) in [6, 6.07) is 5.71. The molecule has 0 aromatic carbocycles. The minimum absolute atomic E-state index is 0.0162. The number of carbonyl (C=O) groups is 1. The number of aryl methyl sites for hydroxylation is 1. The van der Waals surface area contributed by atoms with Gasteiger partial charge in [0.05, 0.1) is 29.1 Å². The lowest BCUT2D eigenvalue weighted by Gasteiger charge is -2.37. The van der Waals surface area contributed by atoms with Gasteiger partial charge in [-0.2, -0.15) is 11.3 Å². The largest absolute Gasteiger partial charge is 0.391 e. The fourth-order valence-corrected chi connectivity index (χ4v) is 3.87. The van der Waals surface area contributed by atoms with Gasteiger partial charge in [-0.15, -0.1) is 0 Å². The van der Waals surface area contributed by atoms with Crippen LogP contribution in [0.25, 0.3) is 11.3 Å². The van der Waals surface area contributed by atoms with Crippen LogP contribution in [0, 0.1) is 6.92 Å². The normalized spacial score (nSPS) is 19.6. The van der Waals surface area contributed by atoms with Gasteiger partial charge in [0.25, 0.3) is 5.91 Å². The minimum atomic E-state index is -0.502. The molecule has 1 aliphatic rings. The molecule has 5 heteroatoms. The molecule has 0 aliphatic carbocycles. The van der Waals surface area contributed by atoms with Crippen molar-refractivity contribution in [2.75, 3.05) is 6.54 Å². The van der Waals surface area contributed by atoms with E-state index in [1.165, 1.54) is 0 Å². The van der Waals surface area contributed by atoms with Crippen molar-refractivity contribution < 1.29 is 9.90 Å². The molecule has 2 aromatic rings. The van der Waals surface area contributed by atoms with E-state index in [1.807, 2.05) is 35.4 Å². The molecule has 3 rings (SSSR count).